The van der Waals surface area contributed by atoms with Crippen molar-refractivity contribution in [3.63, 3.8) is 0 Å². The summed E-state index contributed by atoms with van der Waals surface area (Å²) in [6, 6.07) is -0.348. The molecule has 0 aromatic carbocycles. The first-order chi connectivity index (χ1) is 6.49. The molecule has 0 rings (SSSR count). The second kappa shape index (κ2) is 6.37. The van der Waals surface area contributed by atoms with Crippen LogP contribution >= 0.6 is 0 Å². The van der Waals surface area contributed by atoms with Gasteiger partial charge >= 0.3 is 5.97 Å². The third kappa shape index (κ3) is 4.81. The summed E-state index contributed by atoms with van der Waals surface area (Å²) in [6.07, 6.45) is 0. The van der Waals surface area contributed by atoms with Crippen LogP contribution in [0.3, 0.4) is 0 Å². The third-order valence-electron chi connectivity index (χ3n) is 2.06. The van der Waals surface area contributed by atoms with Crippen LogP contribution in [0.5, 0.6) is 0 Å². The lowest BCUT2D eigenvalue weighted by Crippen LogP contribution is -2.43. The predicted molar refractivity (Wildman–Crippen MR) is 52.9 cm³/mol. The molecular weight excluding hydrogens is 184 g/mol. The molecule has 0 saturated carbocycles. The molecule has 3 N–H and O–H groups in total. The van der Waals surface area contributed by atoms with E-state index in [0.29, 0.717) is 0 Å². The van der Waals surface area contributed by atoms with E-state index in [1.165, 1.54) is 0 Å². The Hall–Kier alpha value is -1.10. The van der Waals surface area contributed by atoms with Crippen LogP contribution in [0.1, 0.15) is 20.8 Å². The predicted octanol–water partition coefficient (Wildman–Crippen LogP) is -0.179. The van der Waals surface area contributed by atoms with Crippen LogP contribution in [-0.2, 0) is 9.59 Å². The first-order valence-corrected chi connectivity index (χ1v) is 4.72. The average Bonchev–Trinajstić information content (AvgIpc) is 2.13. The van der Waals surface area contributed by atoms with Gasteiger partial charge in [-0.1, -0.05) is 6.92 Å². The molecule has 0 aliphatic heterocycles. The third-order valence-corrected chi connectivity index (χ3v) is 2.06. The zero-order valence-electron chi connectivity index (χ0n) is 8.83. The Kier molecular flexibility index (Phi) is 5.87. The molecule has 0 bridgehead atoms. The van der Waals surface area contributed by atoms with Crippen molar-refractivity contribution >= 4 is 11.9 Å². The fourth-order valence-corrected chi connectivity index (χ4v) is 0.882. The summed E-state index contributed by atoms with van der Waals surface area (Å²) in [5.74, 6) is -1.64. The number of hydrogen-bond acceptors (Lipinski definition) is 3. The van der Waals surface area contributed by atoms with Gasteiger partial charge in [0.15, 0.2) is 0 Å². The first-order valence-electron chi connectivity index (χ1n) is 4.72. The summed E-state index contributed by atoms with van der Waals surface area (Å²) >= 11 is 0. The highest BCUT2D eigenvalue weighted by Crippen LogP contribution is 2.01. The summed E-state index contributed by atoms with van der Waals surface area (Å²) in [5.41, 5.74) is 0. The number of carbonyl (C=O) groups is 2. The minimum Gasteiger partial charge on any atom is -0.481 e. The Morgan fingerprint density at radius 1 is 1.36 bits per heavy atom. The maximum Gasteiger partial charge on any atom is 0.308 e. The monoisotopic (exact) mass is 202 g/mol. The highest BCUT2D eigenvalue weighted by Gasteiger charge is 2.20. The van der Waals surface area contributed by atoms with Crippen molar-refractivity contribution in [1.29, 1.82) is 0 Å². The van der Waals surface area contributed by atoms with E-state index in [2.05, 4.69) is 10.6 Å². The molecular formula is C9H18N2O3. The van der Waals surface area contributed by atoms with Gasteiger partial charge < -0.3 is 15.7 Å². The number of carboxylic acid groups (broad SMARTS) is 1. The molecule has 0 saturated heterocycles. The smallest absolute Gasteiger partial charge is 0.308 e. The number of carbonyl (C=O) groups excluding carboxylic acids is 1. The van der Waals surface area contributed by atoms with Gasteiger partial charge in [-0.2, -0.15) is 0 Å². The number of carboxylic acids is 1. The van der Waals surface area contributed by atoms with Gasteiger partial charge in [-0.15, -0.1) is 0 Å². The lowest BCUT2D eigenvalue weighted by atomic mass is 10.0. The molecule has 0 fully saturated rings. The van der Waals surface area contributed by atoms with E-state index in [0.717, 1.165) is 6.54 Å². The Morgan fingerprint density at radius 3 is 2.36 bits per heavy atom. The van der Waals surface area contributed by atoms with Gasteiger partial charge in [0.25, 0.3) is 0 Å². The quantitative estimate of drug-likeness (QED) is 0.558. The summed E-state index contributed by atoms with van der Waals surface area (Å²) < 4.78 is 0. The van der Waals surface area contributed by atoms with Crippen molar-refractivity contribution in [2.24, 2.45) is 5.92 Å². The highest BCUT2D eigenvalue weighted by atomic mass is 16.4. The largest absolute Gasteiger partial charge is 0.481 e. The first kappa shape index (κ1) is 12.9. The molecule has 1 amide bonds. The van der Waals surface area contributed by atoms with Crippen molar-refractivity contribution in [3.8, 4) is 0 Å². The number of likely N-dealkylation sites (N-methyl/N-ethyl adjacent to an activating group) is 1. The zero-order chi connectivity index (χ0) is 11.1. The number of rotatable bonds is 6. The maximum absolute atomic E-state index is 11.2. The molecule has 0 aliphatic rings. The van der Waals surface area contributed by atoms with Crippen molar-refractivity contribution in [2.45, 2.75) is 26.8 Å². The molecule has 0 radical (unpaired) electrons. The molecule has 2 unspecified atom stereocenters. The van der Waals surface area contributed by atoms with Gasteiger partial charge in [-0.25, -0.2) is 0 Å². The number of amides is 1. The Bertz CT molecular complexity index is 206. The van der Waals surface area contributed by atoms with Gasteiger partial charge in [-0.3, -0.25) is 9.59 Å². The van der Waals surface area contributed by atoms with Crippen LogP contribution < -0.4 is 10.6 Å². The van der Waals surface area contributed by atoms with E-state index in [1.54, 1.807) is 13.8 Å². The van der Waals surface area contributed by atoms with E-state index in [4.69, 9.17) is 5.11 Å². The minimum atomic E-state index is -0.902. The topological polar surface area (TPSA) is 78.4 Å². The Balaban J connectivity index is 3.86. The van der Waals surface area contributed by atoms with E-state index in [9.17, 15) is 9.59 Å². The summed E-state index contributed by atoms with van der Waals surface area (Å²) in [5, 5.41) is 14.2. The van der Waals surface area contributed by atoms with Gasteiger partial charge in [0.05, 0.1) is 12.5 Å². The SMILES string of the molecule is CCNCC(=O)NC(C)C(C)C(=O)O. The molecule has 82 valence electrons. The summed E-state index contributed by atoms with van der Waals surface area (Å²) in [6.45, 7) is 6.10. The highest BCUT2D eigenvalue weighted by molar-refractivity contribution is 5.79. The lowest BCUT2D eigenvalue weighted by molar-refractivity contribution is -0.142. The standard InChI is InChI=1S/C9H18N2O3/c1-4-10-5-8(12)11-7(3)6(2)9(13)14/h6-7,10H,4-5H2,1-3H3,(H,11,12)(H,13,14). The summed E-state index contributed by atoms with van der Waals surface area (Å²) in [7, 11) is 0. The van der Waals surface area contributed by atoms with Crippen LogP contribution in [-0.4, -0.2) is 36.1 Å². The second-order valence-corrected chi connectivity index (χ2v) is 3.26. The van der Waals surface area contributed by atoms with E-state index < -0.39 is 11.9 Å². The fourth-order valence-electron chi connectivity index (χ4n) is 0.882. The molecule has 2 atom stereocenters. The Morgan fingerprint density at radius 2 is 1.93 bits per heavy atom. The minimum absolute atomic E-state index is 0.174. The Labute approximate surface area is 83.9 Å². The fraction of sp³-hybridized carbons (Fsp3) is 0.778. The lowest BCUT2D eigenvalue weighted by Gasteiger charge is -2.17. The van der Waals surface area contributed by atoms with Gasteiger partial charge in [0.2, 0.25) is 5.91 Å². The molecule has 5 heteroatoms. The van der Waals surface area contributed by atoms with E-state index in [-0.39, 0.29) is 18.5 Å². The maximum atomic E-state index is 11.2. The number of hydrogen-bond donors (Lipinski definition) is 3. The van der Waals surface area contributed by atoms with Gasteiger partial charge in [0, 0.05) is 6.04 Å². The normalized spacial score (nSPS) is 14.5. The van der Waals surface area contributed by atoms with Crippen LogP contribution in [0.2, 0.25) is 0 Å². The average molecular weight is 202 g/mol. The van der Waals surface area contributed by atoms with Gasteiger partial charge in [-0.05, 0) is 20.4 Å². The van der Waals surface area contributed by atoms with E-state index >= 15 is 0 Å². The molecule has 0 aromatic rings. The van der Waals surface area contributed by atoms with Gasteiger partial charge in [0.1, 0.15) is 0 Å². The zero-order valence-corrected chi connectivity index (χ0v) is 8.83. The summed E-state index contributed by atoms with van der Waals surface area (Å²) in [4.78, 5) is 21.7. The molecule has 0 aliphatic carbocycles. The van der Waals surface area contributed by atoms with Crippen LogP contribution in [0.4, 0.5) is 0 Å². The van der Waals surface area contributed by atoms with Crippen LogP contribution in [0, 0.1) is 5.92 Å². The molecule has 0 heterocycles. The van der Waals surface area contributed by atoms with Crippen LogP contribution in [0.25, 0.3) is 0 Å². The molecule has 5 nitrogen and oxygen atoms in total. The van der Waals surface area contributed by atoms with Crippen molar-refractivity contribution in [1.82, 2.24) is 10.6 Å². The molecule has 0 aromatic heterocycles. The van der Waals surface area contributed by atoms with Crippen LogP contribution in [0.15, 0.2) is 0 Å². The number of nitrogens with one attached hydrogen (secondary N) is 2. The number of aliphatic carboxylic acids is 1. The second-order valence-electron chi connectivity index (χ2n) is 3.26. The van der Waals surface area contributed by atoms with Crippen molar-refractivity contribution < 1.29 is 14.7 Å². The van der Waals surface area contributed by atoms with Crippen molar-refractivity contribution in [3.05, 3.63) is 0 Å². The van der Waals surface area contributed by atoms with Crippen molar-refractivity contribution in [2.75, 3.05) is 13.1 Å². The molecule has 14 heavy (non-hydrogen) atoms. The van der Waals surface area contributed by atoms with E-state index in [1.807, 2.05) is 6.92 Å². The molecule has 0 spiro atoms.